The minimum absolute atomic E-state index is 0.0263. The number of amides is 1. The van der Waals surface area contributed by atoms with Gasteiger partial charge in [0, 0.05) is 52.4 Å². The van der Waals surface area contributed by atoms with E-state index in [9.17, 15) is 17.6 Å². The molecule has 0 spiro atoms. The van der Waals surface area contributed by atoms with Crippen molar-refractivity contribution < 1.29 is 17.6 Å². The number of halogens is 1. The Morgan fingerprint density at radius 2 is 1.66 bits per heavy atom. The predicted molar refractivity (Wildman–Crippen MR) is 123 cm³/mol. The van der Waals surface area contributed by atoms with Crippen LogP contribution in [0.15, 0.2) is 24.3 Å². The fraction of sp³-hybridized carbons (Fsp3) is 0.696. The molecule has 1 aromatic carbocycles. The molecule has 1 saturated carbocycles. The fourth-order valence-corrected chi connectivity index (χ4v) is 6.98. The molecule has 1 unspecified atom stereocenters. The molecule has 2 aliphatic heterocycles. The molecule has 1 amide bonds. The third-order valence-electron chi connectivity index (χ3n) is 7.30. The standard InChI is InChI=1S/C23H35FN4O3S/c1-25(20-9-3-2-4-10-20)32(30,31)28-13-7-8-19(18-28)23(29)27-16-14-26(15-17-27)22-12-6-5-11-21(22)24/h5-6,11-12,19-20H,2-4,7-10,13-18H2,1H3. The van der Waals surface area contributed by atoms with Crippen LogP contribution in [-0.4, -0.2) is 80.2 Å². The summed E-state index contributed by atoms with van der Waals surface area (Å²) in [6.45, 7) is 2.93. The molecule has 0 aromatic heterocycles. The smallest absolute Gasteiger partial charge is 0.281 e. The summed E-state index contributed by atoms with van der Waals surface area (Å²) in [5.74, 6) is -0.529. The van der Waals surface area contributed by atoms with Crippen LogP contribution < -0.4 is 4.90 Å². The number of hydrogen-bond acceptors (Lipinski definition) is 4. The van der Waals surface area contributed by atoms with E-state index in [1.807, 2.05) is 15.9 Å². The highest BCUT2D eigenvalue weighted by Crippen LogP contribution is 2.28. The number of rotatable bonds is 5. The lowest BCUT2D eigenvalue weighted by molar-refractivity contribution is -0.137. The summed E-state index contributed by atoms with van der Waals surface area (Å²) >= 11 is 0. The number of carbonyl (C=O) groups excluding carboxylic acids is 1. The zero-order chi connectivity index (χ0) is 22.7. The van der Waals surface area contributed by atoms with Gasteiger partial charge < -0.3 is 9.80 Å². The van der Waals surface area contributed by atoms with Crippen molar-refractivity contribution in [3.05, 3.63) is 30.1 Å². The average Bonchev–Trinajstić information content (AvgIpc) is 2.84. The molecule has 2 heterocycles. The maximum atomic E-state index is 14.1. The summed E-state index contributed by atoms with van der Waals surface area (Å²) in [6.07, 6.45) is 6.56. The van der Waals surface area contributed by atoms with Crippen molar-refractivity contribution in [3.8, 4) is 0 Å². The topological polar surface area (TPSA) is 64.2 Å². The van der Waals surface area contributed by atoms with E-state index in [2.05, 4.69) is 0 Å². The first-order chi connectivity index (χ1) is 15.4. The normalized spacial score (nSPS) is 24.2. The fourth-order valence-electron chi connectivity index (χ4n) is 5.30. The SMILES string of the molecule is CN(C1CCCCC1)S(=O)(=O)N1CCCC(C(=O)N2CCN(c3ccccc3F)CC2)C1. The van der Waals surface area contributed by atoms with Gasteiger partial charge in [-0.3, -0.25) is 4.79 Å². The summed E-state index contributed by atoms with van der Waals surface area (Å²) in [5.41, 5.74) is 0.570. The van der Waals surface area contributed by atoms with Crippen LogP contribution >= 0.6 is 0 Å². The van der Waals surface area contributed by atoms with Crippen molar-refractivity contribution in [2.75, 3.05) is 51.2 Å². The number of piperazine rings is 1. The number of hydrogen-bond donors (Lipinski definition) is 0. The van der Waals surface area contributed by atoms with E-state index in [1.165, 1.54) is 16.8 Å². The second-order valence-corrected chi connectivity index (χ2v) is 11.3. The van der Waals surface area contributed by atoms with Gasteiger partial charge in [0.15, 0.2) is 0 Å². The van der Waals surface area contributed by atoms with Crippen LogP contribution in [0.2, 0.25) is 0 Å². The van der Waals surface area contributed by atoms with E-state index >= 15 is 0 Å². The molecule has 0 N–H and O–H groups in total. The van der Waals surface area contributed by atoms with Gasteiger partial charge in [0.05, 0.1) is 11.6 Å². The Bertz CT molecular complexity index is 898. The molecule has 3 fully saturated rings. The van der Waals surface area contributed by atoms with Crippen LogP contribution in [0, 0.1) is 11.7 Å². The Hall–Kier alpha value is -1.71. The van der Waals surface area contributed by atoms with E-state index in [1.54, 1.807) is 23.5 Å². The van der Waals surface area contributed by atoms with Crippen molar-refractivity contribution in [1.29, 1.82) is 0 Å². The predicted octanol–water partition coefficient (Wildman–Crippen LogP) is 2.70. The van der Waals surface area contributed by atoms with Crippen LogP contribution in [0.4, 0.5) is 10.1 Å². The molecule has 0 radical (unpaired) electrons. The van der Waals surface area contributed by atoms with Gasteiger partial charge in [0.25, 0.3) is 10.2 Å². The highest BCUT2D eigenvalue weighted by Gasteiger charge is 2.38. The lowest BCUT2D eigenvalue weighted by Gasteiger charge is -2.40. The monoisotopic (exact) mass is 466 g/mol. The maximum Gasteiger partial charge on any atom is 0.281 e. The first kappa shape index (κ1) is 23.4. The highest BCUT2D eigenvalue weighted by atomic mass is 32.2. The van der Waals surface area contributed by atoms with Crippen LogP contribution in [0.25, 0.3) is 0 Å². The van der Waals surface area contributed by atoms with Crippen molar-refractivity contribution in [2.24, 2.45) is 5.92 Å². The first-order valence-corrected chi connectivity index (χ1v) is 13.3. The molecule has 3 aliphatic rings. The largest absolute Gasteiger partial charge is 0.366 e. The molecule has 4 rings (SSSR count). The number of nitrogens with zero attached hydrogens (tertiary/aromatic N) is 4. The molecule has 2 saturated heterocycles. The Morgan fingerprint density at radius 3 is 2.34 bits per heavy atom. The number of anilines is 1. The molecule has 1 aromatic rings. The van der Waals surface area contributed by atoms with Gasteiger partial charge in [0.2, 0.25) is 5.91 Å². The molecule has 7 nitrogen and oxygen atoms in total. The Morgan fingerprint density at radius 1 is 0.969 bits per heavy atom. The zero-order valence-electron chi connectivity index (χ0n) is 19.0. The van der Waals surface area contributed by atoms with Crippen LogP contribution in [0.5, 0.6) is 0 Å². The molecule has 1 aliphatic carbocycles. The molecular weight excluding hydrogens is 431 g/mol. The second-order valence-electron chi connectivity index (χ2n) is 9.28. The molecule has 9 heteroatoms. The Labute approximate surface area is 191 Å². The van der Waals surface area contributed by atoms with Crippen molar-refractivity contribution in [3.63, 3.8) is 0 Å². The van der Waals surface area contributed by atoms with Crippen molar-refractivity contribution in [1.82, 2.24) is 13.5 Å². The number of para-hydroxylation sites is 1. The van der Waals surface area contributed by atoms with Crippen LogP contribution in [-0.2, 0) is 15.0 Å². The minimum atomic E-state index is -3.56. The number of benzene rings is 1. The lowest BCUT2D eigenvalue weighted by atomic mass is 9.96. The van der Waals surface area contributed by atoms with E-state index in [0.29, 0.717) is 51.3 Å². The van der Waals surface area contributed by atoms with Gasteiger partial charge in [-0.1, -0.05) is 31.4 Å². The van der Waals surface area contributed by atoms with E-state index < -0.39 is 10.2 Å². The van der Waals surface area contributed by atoms with Crippen LogP contribution in [0.3, 0.4) is 0 Å². The molecule has 1 atom stereocenters. The lowest BCUT2D eigenvalue weighted by Crippen LogP contribution is -2.55. The summed E-state index contributed by atoms with van der Waals surface area (Å²) in [7, 11) is -1.87. The molecular formula is C23H35FN4O3S. The summed E-state index contributed by atoms with van der Waals surface area (Å²) < 4.78 is 43.6. The highest BCUT2D eigenvalue weighted by molar-refractivity contribution is 7.86. The van der Waals surface area contributed by atoms with Gasteiger partial charge in [0.1, 0.15) is 5.82 Å². The summed E-state index contributed by atoms with van der Waals surface area (Å²) in [4.78, 5) is 17.0. The van der Waals surface area contributed by atoms with Crippen molar-refractivity contribution >= 4 is 21.8 Å². The van der Waals surface area contributed by atoms with E-state index in [-0.39, 0.29) is 30.2 Å². The third-order valence-corrected chi connectivity index (χ3v) is 9.31. The zero-order valence-corrected chi connectivity index (χ0v) is 19.8. The van der Waals surface area contributed by atoms with E-state index in [4.69, 9.17) is 0 Å². The molecule has 178 valence electrons. The quantitative estimate of drug-likeness (QED) is 0.669. The second kappa shape index (κ2) is 10.1. The van der Waals surface area contributed by atoms with Gasteiger partial charge in [-0.15, -0.1) is 0 Å². The van der Waals surface area contributed by atoms with Crippen LogP contribution in [0.1, 0.15) is 44.9 Å². The van der Waals surface area contributed by atoms with E-state index in [0.717, 1.165) is 25.7 Å². The van der Waals surface area contributed by atoms with Gasteiger partial charge >= 0.3 is 0 Å². The Balaban J connectivity index is 1.35. The molecule has 0 bridgehead atoms. The average molecular weight is 467 g/mol. The summed E-state index contributed by atoms with van der Waals surface area (Å²) in [6, 6.07) is 6.77. The maximum absolute atomic E-state index is 14.1. The Kier molecular flexibility index (Phi) is 7.37. The first-order valence-electron chi connectivity index (χ1n) is 11.9. The number of piperidine rings is 1. The van der Waals surface area contributed by atoms with Crippen molar-refractivity contribution in [2.45, 2.75) is 51.0 Å². The third kappa shape index (κ3) is 4.94. The van der Waals surface area contributed by atoms with Gasteiger partial charge in [-0.05, 0) is 37.8 Å². The molecule has 32 heavy (non-hydrogen) atoms. The number of carbonyl (C=O) groups is 1. The van der Waals surface area contributed by atoms with Gasteiger partial charge in [-0.2, -0.15) is 17.0 Å². The van der Waals surface area contributed by atoms with Gasteiger partial charge in [-0.25, -0.2) is 4.39 Å². The summed E-state index contributed by atoms with van der Waals surface area (Å²) in [5, 5.41) is 0. The minimum Gasteiger partial charge on any atom is -0.366 e.